The van der Waals surface area contributed by atoms with E-state index in [0.717, 1.165) is 11.5 Å². The van der Waals surface area contributed by atoms with Crippen molar-refractivity contribution in [3.63, 3.8) is 0 Å². The van der Waals surface area contributed by atoms with Crippen molar-refractivity contribution >= 4 is 51.0 Å². The number of rotatable bonds is 6. The van der Waals surface area contributed by atoms with Gasteiger partial charge in [0.15, 0.2) is 0 Å². The van der Waals surface area contributed by atoms with Crippen LogP contribution in [0.25, 0.3) is 0 Å². The molecular weight excluding hydrogens is 410 g/mol. The van der Waals surface area contributed by atoms with E-state index in [2.05, 4.69) is 24.8 Å². The molecule has 0 unspecified atom stereocenters. The number of hydrogen-bond acceptors (Lipinski definition) is 7. The Morgan fingerprint density at radius 1 is 1.19 bits per heavy atom. The van der Waals surface area contributed by atoms with Gasteiger partial charge in [-0.25, -0.2) is 13.8 Å². The normalized spacial score (nSPS) is 11.4. The van der Waals surface area contributed by atoms with Gasteiger partial charge in [-0.15, -0.1) is 5.10 Å². The summed E-state index contributed by atoms with van der Waals surface area (Å²) in [6, 6.07) is 11.8. The van der Waals surface area contributed by atoms with Crippen LogP contribution in [0.4, 0.5) is 5.69 Å². The Balaban J connectivity index is 1.73. The van der Waals surface area contributed by atoms with Gasteiger partial charge in [-0.05, 0) is 54.0 Å². The summed E-state index contributed by atoms with van der Waals surface area (Å²) in [5.74, 6) is -0.557. The third-order valence-corrected chi connectivity index (χ3v) is 5.40. The second-order valence-corrected chi connectivity index (χ2v) is 7.90. The van der Waals surface area contributed by atoms with Crippen molar-refractivity contribution < 1.29 is 13.2 Å². The Labute approximate surface area is 164 Å². The van der Waals surface area contributed by atoms with Crippen LogP contribution < -0.4 is 10.1 Å². The zero-order valence-electron chi connectivity index (χ0n) is 13.5. The molecule has 0 radical (unpaired) electrons. The van der Waals surface area contributed by atoms with Crippen molar-refractivity contribution in [1.29, 1.82) is 0 Å². The van der Waals surface area contributed by atoms with Crippen LogP contribution in [0, 0.1) is 0 Å². The lowest BCUT2D eigenvalue weighted by atomic mass is 10.2. The molecule has 27 heavy (non-hydrogen) atoms. The number of aromatic nitrogens is 2. The number of amides is 1. The van der Waals surface area contributed by atoms with Gasteiger partial charge in [0.05, 0.1) is 11.1 Å². The highest BCUT2D eigenvalue weighted by Crippen LogP contribution is 2.19. The Kier molecular flexibility index (Phi) is 5.79. The van der Waals surface area contributed by atoms with E-state index < -0.39 is 15.9 Å². The van der Waals surface area contributed by atoms with Gasteiger partial charge in [0.25, 0.3) is 15.9 Å². The zero-order valence-corrected chi connectivity index (χ0v) is 15.9. The molecule has 0 fully saturated rings. The van der Waals surface area contributed by atoms with E-state index >= 15 is 0 Å². The quantitative estimate of drug-likeness (QED) is 0.469. The standard InChI is InChI=1S/C16H12ClN5O3S2/c17-12-4-6-13(7-5-12)21-27(24,25)15-3-1-2-11(8-15)16(23)20-18-9-14-10-26-22-19-14/h1-10,21H,(H,20,23)/b18-9+. The molecule has 2 N–H and O–H groups in total. The number of benzene rings is 2. The third kappa shape index (κ3) is 5.09. The van der Waals surface area contributed by atoms with E-state index in [1.807, 2.05) is 0 Å². The van der Waals surface area contributed by atoms with Crippen LogP contribution in [-0.4, -0.2) is 30.1 Å². The summed E-state index contributed by atoms with van der Waals surface area (Å²) in [5.41, 5.74) is 3.31. The molecule has 138 valence electrons. The highest BCUT2D eigenvalue weighted by Gasteiger charge is 2.16. The first-order chi connectivity index (χ1) is 12.9. The topological polar surface area (TPSA) is 113 Å². The molecule has 2 aromatic carbocycles. The molecule has 1 heterocycles. The average molecular weight is 422 g/mol. The number of nitrogens with zero attached hydrogens (tertiary/aromatic N) is 3. The number of nitrogens with one attached hydrogen (secondary N) is 2. The minimum absolute atomic E-state index is 0.0576. The molecule has 0 bridgehead atoms. The van der Waals surface area contributed by atoms with E-state index in [1.54, 1.807) is 29.6 Å². The van der Waals surface area contributed by atoms with Gasteiger partial charge in [-0.2, -0.15) is 5.10 Å². The van der Waals surface area contributed by atoms with E-state index in [-0.39, 0.29) is 10.5 Å². The molecule has 0 spiro atoms. The fourth-order valence-corrected chi connectivity index (χ4v) is 3.62. The van der Waals surface area contributed by atoms with E-state index in [1.165, 1.54) is 30.5 Å². The summed E-state index contributed by atoms with van der Waals surface area (Å²) < 4.78 is 31.1. The number of halogens is 1. The number of carbonyl (C=O) groups is 1. The first-order valence-corrected chi connectivity index (χ1v) is 10.1. The second kappa shape index (κ2) is 8.25. The van der Waals surface area contributed by atoms with Crippen molar-refractivity contribution in [3.05, 3.63) is 70.2 Å². The summed E-state index contributed by atoms with van der Waals surface area (Å²) in [4.78, 5) is 12.1. The summed E-state index contributed by atoms with van der Waals surface area (Å²) in [6.45, 7) is 0. The maximum Gasteiger partial charge on any atom is 0.271 e. The highest BCUT2D eigenvalue weighted by molar-refractivity contribution is 7.92. The van der Waals surface area contributed by atoms with Crippen LogP contribution in [0.3, 0.4) is 0 Å². The number of carbonyl (C=O) groups excluding carboxylic acids is 1. The van der Waals surface area contributed by atoms with Crippen LogP contribution in [0.15, 0.2) is 63.9 Å². The van der Waals surface area contributed by atoms with Crippen LogP contribution in [0.1, 0.15) is 16.1 Å². The van der Waals surface area contributed by atoms with Crippen molar-refractivity contribution in [2.24, 2.45) is 5.10 Å². The number of anilines is 1. The maximum absolute atomic E-state index is 12.5. The van der Waals surface area contributed by atoms with Crippen LogP contribution in [0.2, 0.25) is 5.02 Å². The molecule has 0 saturated heterocycles. The smallest absolute Gasteiger partial charge is 0.271 e. The number of hydrazone groups is 1. The van der Waals surface area contributed by atoms with Crippen molar-refractivity contribution in [3.8, 4) is 0 Å². The van der Waals surface area contributed by atoms with Gasteiger partial charge in [-0.3, -0.25) is 9.52 Å². The van der Waals surface area contributed by atoms with Crippen LogP contribution >= 0.6 is 23.1 Å². The van der Waals surface area contributed by atoms with Gasteiger partial charge in [0.2, 0.25) is 0 Å². The first-order valence-electron chi connectivity index (χ1n) is 7.43. The fraction of sp³-hybridized carbons (Fsp3) is 0. The molecule has 0 saturated carbocycles. The summed E-state index contributed by atoms with van der Waals surface area (Å²) in [5, 5.41) is 9.66. The van der Waals surface area contributed by atoms with E-state index in [9.17, 15) is 13.2 Å². The van der Waals surface area contributed by atoms with Gasteiger partial charge in [-0.1, -0.05) is 22.2 Å². The highest BCUT2D eigenvalue weighted by atomic mass is 35.5. The SMILES string of the molecule is O=C(N/N=C/c1csnn1)c1cccc(S(=O)(=O)Nc2ccc(Cl)cc2)c1. The number of sulfonamides is 1. The van der Waals surface area contributed by atoms with Crippen molar-refractivity contribution in [1.82, 2.24) is 15.0 Å². The molecule has 3 rings (SSSR count). The molecule has 3 aromatic rings. The lowest BCUT2D eigenvalue weighted by molar-refractivity contribution is 0.0955. The molecule has 0 atom stereocenters. The van der Waals surface area contributed by atoms with Crippen molar-refractivity contribution in [2.75, 3.05) is 4.72 Å². The maximum atomic E-state index is 12.5. The molecule has 1 amide bonds. The van der Waals surface area contributed by atoms with Gasteiger partial charge < -0.3 is 0 Å². The molecule has 0 aliphatic rings. The van der Waals surface area contributed by atoms with E-state index in [0.29, 0.717) is 16.4 Å². The molecular formula is C16H12ClN5O3S2. The second-order valence-electron chi connectivity index (χ2n) is 5.17. The Morgan fingerprint density at radius 2 is 1.96 bits per heavy atom. The fourth-order valence-electron chi connectivity index (χ4n) is 1.99. The lowest BCUT2D eigenvalue weighted by Gasteiger charge is -2.09. The molecule has 0 aliphatic carbocycles. The van der Waals surface area contributed by atoms with Gasteiger partial charge >= 0.3 is 0 Å². The first kappa shape index (κ1) is 19.0. The summed E-state index contributed by atoms with van der Waals surface area (Å²) in [6.07, 6.45) is 1.34. The lowest BCUT2D eigenvalue weighted by Crippen LogP contribution is -2.19. The minimum Gasteiger partial charge on any atom is -0.280 e. The van der Waals surface area contributed by atoms with Gasteiger partial charge in [0, 0.05) is 21.7 Å². The monoisotopic (exact) mass is 421 g/mol. The molecule has 11 heteroatoms. The minimum atomic E-state index is -3.87. The largest absolute Gasteiger partial charge is 0.280 e. The molecule has 1 aromatic heterocycles. The average Bonchev–Trinajstić information content (AvgIpc) is 3.17. The predicted molar refractivity (Wildman–Crippen MR) is 104 cm³/mol. The van der Waals surface area contributed by atoms with E-state index in [4.69, 9.17) is 11.6 Å². The molecule has 0 aliphatic heterocycles. The number of hydrogen-bond donors (Lipinski definition) is 2. The Hall–Kier alpha value is -2.82. The third-order valence-electron chi connectivity index (χ3n) is 3.24. The van der Waals surface area contributed by atoms with Gasteiger partial charge in [0.1, 0.15) is 5.69 Å². The van der Waals surface area contributed by atoms with Crippen LogP contribution in [-0.2, 0) is 10.0 Å². The summed E-state index contributed by atoms with van der Waals surface area (Å²) >= 11 is 6.94. The zero-order chi connectivity index (χ0) is 19.3. The van der Waals surface area contributed by atoms with Crippen LogP contribution in [0.5, 0.6) is 0 Å². The Bertz CT molecular complexity index is 1070. The Morgan fingerprint density at radius 3 is 2.67 bits per heavy atom. The molecule has 8 nitrogen and oxygen atoms in total. The van der Waals surface area contributed by atoms with Crippen molar-refractivity contribution in [2.45, 2.75) is 4.90 Å². The predicted octanol–water partition coefficient (Wildman–Crippen LogP) is 2.76. The summed E-state index contributed by atoms with van der Waals surface area (Å²) in [7, 11) is -3.87.